The predicted molar refractivity (Wildman–Crippen MR) is 55.9 cm³/mol. The van der Waals surface area contributed by atoms with E-state index in [1.807, 2.05) is 6.26 Å². The number of hydrogen-bond acceptors (Lipinski definition) is 3. The van der Waals surface area contributed by atoms with E-state index in [-0.39, 0.29) is 5.75 Å². The molecule has 0 spiro atoms. The first kappa shape index (κ1) is 10.9. The van der Waals surface area contributed by atoms with Crippen LogP contribution in [-0.4, -0.2) is 22.4 Å². The smallest absolute Gasteiger partial charge is 0.310 e. The molecule has 4 heteroatoms. The normalized spacial score (nSPS) is 12.4. The average Bonchev–Trinajstić information content (AvgIpc) is 2.16. The molecule has 1 atom stereocenters. The van der Waals surface area contributed by atoms with Crippen LogP contribution in [0.1, 0.15) is 18.4 Å². The molecule has 0 radical (unpaired) electrons. The molecular weight excluding hydrogens is 200 g/mol. The van der Waals surface area contributed by atoms with E-state index in [2.05, 4.69) is 0 Å². The van der Waals surface area contributed by atoms with Gasteiger partial charge in [0.2, 0.25) is 0 Å². The van der Waals surface area contributed by atoms with Crippen molar-refractivity contribution >= 4 is 17.7 Å². The van der Waals surface area contributed by atoms with E-state index in [4.69, 9.17) is 5.11 Å². The molecule has 0 saturated heterocycles. The van der Waals surface area contributed by atoms with Gasteiger partial charge in [0.15, 0.2) is 0 Å². The molecule has 2 N–H and O–H groups in total. The van der Waals surface area contributed by atoms with Gasteiger partial charge in [0.1, 0.15) is 5.75 Å². The summed E-state index contributed by atoms with van der Waals surface area (Å²) in [5, 5.41) is 18.3. The second kappa shape index (κ2) is 4.37. The van der Waals surface area contributed by atoms with E-state index in [0.717, 1.165) is 4.90 Å². The number of phenolic OH excluding ortho intramolecular Hbond substituents is 1. The topological polar surface area (TPSA) is 57.5 Å². The van der Waals surface area contributed by atoms with E-state index >= 15 is 0 Å². The summed E-state index contributed by atoms with van der Waals surface area (Å²) in [6, 6.07) is 5.04. The molecule has 1 aromatic rings. The van der Waals surface area contributed by atoms with Crippen molar-refractivity contribution in [2.75, 3.05) is 6.26 Å². The Hall–Kier alpha value is -1.16. The van der Waals surface area contributed by atoms with Gasteiger partial charge in [-0.1, -0.05) is 6.07 Å². The molecule has 0 aliphatic heterocycles. The van der Waals surface area contributed by atoms with Crippen molar-refractivity contribution in [1.29, 1.82) is 0 Å². The maximum atomic E-state index is 10.7. The van der Waals surface area contributed by atoms with Gasteiger partial charge in [-0.2, -0.15) is 0 Å². The highest BCUT2D eigenvalue weighted by Gasteiger charge is 2.17. The molecule has 0 amide bonds. The molecule has 0 bridgehead atoms. The van der Waals surface area contributed by atoms with Crippen molar-refractivity contribution in [3.8, 4) is 5.75 Å². The SMILES string of the molecule is CSc1ccc(C(C)C(=O)O)c(O)c1. The zero-order chi connectivity index (χ0) is 10.7. The highest BCUT2D eigenvalue weighted by atomic mass is 32.2. The fraction of sp³-hybridized carbons (Fsp3) is 0.300. The van der Waals surface area contributed by atoms with Gasteiger partial charge in [0.25, 0.3) is 0 Å². The number of hydrogen-bond donors (Lipinski definition) is 2. The van der Waals surface area contributed by atoms with Crippen LogP contribution in [0.15, 0.2) is 23.1 Å². The standard InChI is InChI=1S/C10H12O3S/c1-6(10(12)13)8-4-3-7(14-2)5-9(8)11/h3-6,11H,1-2H3,(H,12,13). The van der Waals surface area contributed by atoms with Crippen molar-refractivity contribution < 1.29 is 15.0 Å². The third-order valence-corrected chi connectivity index (χ3v) is 2.80. The number of aliphatic carboxylic acids is 1. The van der Waals surface area contributed by atoms with Crippen LogP contribution in [-0.2, 0) is 4.79 Å². The van der Waals surface area contributed by atoms with Crippen molar-refractivity contribution in [3.05, 3.63) is 23.8 Å². The Labute approximate surface area is 86.8 Å². The molecule has 76 valence electrons. The molecular formula is C10H12O3S. The van der Waals surface area contributed by atoms with Crippen LogP contribution in [0, 0.1) is 0 Å². The van der Waals surface area contributed by atoms with E-state index in [0.29, 0.717) is 5.56 Å². The molecule has 0 heterocycles. The average molecular weight is 212 g/mol. The molecule has 3 nitrogen and oxygen atoms in total. The third-order valence-electron chi connectivity index (χ3n) is 2.07. The van der Waals surface area contributed by atoms with Gasteiger partial charge >= 0.3 is 5.97 Å². The highest BCUT2D eigenvalue weighted by molar-refractivity contribution is 7.98. The summed E-state index contributed by atoms with van der Waals surface area (Å²) in [5.41, 5.74) is 0.454. The maximum absolute atomic E-state index is 10.7. The Kier molecular flexibility index (Phi) is 3.41. The zero-order valence-electron chi connectivity index (χ0n) is 8.02. The van der Waals surface area contributed by atoms with E-state index in [1.165, 1.54) is 11.8 Å². The van der Waals surface area contributed by atoms with Gasteiger partial charge in [-0.05, 0) is 25.3 Å². The highest BCUT2D eigenvalue weighted by Crippen LogP contribution is 2.29. The Bertz CT molecular complexity index is 349. The first-order chi connectivity index (χ1) is 6.56. The van der Waals surface area contributed by atoms with Crippen LogP contribution in [0.25, 0.3) is 0 Å². The Morgan fingerprint density at radius 3 is 2.57 bits per heavy atom. The number of rotatable bonds is 3. The Balaban J connectivity index is 3.05. The molecule has 0 aliphatic rings. The summed E-state index contributed by atoms with van der Waals surface area (Å²) in [4.78, 5) is 11.6. The minimum atomic E-state index is -0.933. The number of thioether (sulfide) groups is 1. The van der Waals surface area contributed by atoms with E-state index in [9.17, 15) is 9.90 Å². The van der Waals surface area contributed by atoms with E-state index < -0.39 is 11.9 Å². The number of carboxylic acid groups (broad SMARTS) is 1. The van der Waals surface area contributed by atoms with E-state index in [1.54, 1.807) is 25.1 Å². The maximum Gasteiger partial charge on any atom is 0.310 e. The van der Waals surface area contributed by atoms with Gasteiger partial charge in [-0.3, -0.25) is 4.79 Å². The van der Waals surface area contributed by atoms with Crippen LogP contribution in [0.5, 0.6) is 5.75 Å². The summed E-state index contributed by atoms with van der Waals surface area (Å²) in [6.07, 6.45) is 1.90. The lowest BCUT2D eigenvalue weighted by Gasteiger charge is -2.09. The molecule has 0 aliphatic carbocycles. The molecule has 1 aromatic carbocycles. The molecule has 0 aromatic heterocycles. The minimum Gasteiger partial charge on any atom is -0.508 e. The van der Waals surface area contributed by atoms with Gasteiger partial charge in [0.05, 0.1) is 5.92 Å². The largest absolute Gasteiger partial charge is 0.508 e. The molecule has 14 heavy (non-hydrogen) atoms. The van der Waals surface area contributed by atoms with Crippen LogP contribution in [0.2, 0.25) is 0 Å². The van der Waals surface area contributed by atoms with Crippen molar-refractivity contribution in [1.82, 2.24) is 0 Å². The number of carboxylic acids is 1. The summed E-state index contributed by atoms with van der Waals surface area (Å²) in [7, 11) is 0. The van der Waals surface area contributed by atoms with Crippen LogP contribution in [0.4, 0.5) is 0 Å². The third kappa shape index (κ3) is 2.20. The van der Waals surface area contributed by atoms with Crippen molar-refractivity contribution in [3.63, 3.8) is 0 Å². The first-order valence-corrected chi connectivity index (χ1v) is 5.38. The lowest BCUT2D eigenvalue weighted by molar-refractivity contribution is -0.138. The Morgan fingerprint density at radius 1 is 1.50 bits per heavy atom. The summed E-state index contributed by atoms with van der Waals surface area (Å²) in [6.45, 7) is 1.55. The number of aromatic hydroxyl groups is 1. The molecule has 1 unspecified atom stereocenters. The van der Waals surface area contributed by atoms with Gasteiger partial charge in [0, 0.05) is 10.5 Å². The summed E-state index contributed by atoms with van der Waals surface area (Å²) >= 11 is 1.50. The fourth-order valence-electron chi connectivity index (χ4n) is 1.15. The summed E-state index contributed by atoms with van der Waals surface area (Å²) in [5.74, 6) is -1.56. The van der Waals surface area contributed by atoms with Crippen molar-refractivity contribution in [2.24, 2.45) is 0 Å². The van der Waals surface area contributed by atoms with Gasteiger partial charge in [-0.15, -0.1) is 11.8 Å². The quantitative estimate of drug-likeness (QED) is 0.755. The lowest BCUT2D eigenvalue weighted by atomic mass is 10.0. The number of carbonyl (C=O) groups is 1. The van der Waals surface area contributed by atoms with Crippen molar-refractivity contribution in [2.45, 2.75) is 17.7 Å². The van der Waals surface area contributed by atoms with Gasteiger partial charge in [-0.25, -0.2) is 0 Å². The van der Waals surface area contributed by atoms with Gasteiger partial charge < -0.3 is 10.2 Å². The lowest BCUT2D eigenvalue weighted by Crippen LogP contribution is -2.07. The van der Waals surface area contributed by atoms with Crippen LogP contribution in [0.3, 0.4) is 0 Å². The second-order valence-corrected chi connectivity index (χ2v) is 3.86. The molecule has 1 rings (SSSR count). The minimum absolute atomic E-state index is 0.0479. The number of phenols is 1. The van der Waals surface area contributed by atoms with Crippen LogP contribution >= 0.6 is 11.8 Å². The monoisotopic (exact) mass is 212 g/mol. The predicted octanol–water partition coefficient (Wildman–Crippen LogP) is 2.30. The summed E-state index contributed by atoms with van der Waals surface area (Å²) < 4.78 is 0. The fourth-order valence-corrected chi connectivity index (χ4v) is 1.58. The molecule has 0 saturated carbocycles. The zero-order valence-corrected chi connectivity index (χ0v) is 8.84. The van der Waals surface area contributed by atoms with Crippen LogP contribution < -0.4 is 0 Å². The first-order valence-electron chi connectivity index (χ1n) is 4.16. The Morgan fingerprint density at radius 2 is 2.14 bits per heavy atom. The number of benzene rings is 1. The molecule has 0 fully saturated rings. The second-order valence-electron chi connectivity index (χ2n) is 2.98.